The predicted molar refractivity (Wildman–Crippen MR) is 42.3 cm³/mol. The summed E-state index contributed by atoms with van der Waals surface area (Å²) < 4.78 is 5.41. The lowest BCUT2D eigenvalue weighted by molar-refractivity contribution is 0.00428. The minimum Gasteiger partial charge on any atom is -0.387 e. The number of hydrogen-bond acceptors (Lipinski definition) is 2. The van der Waals surface area contributed by atoms with Gasteiger partial charge in [-0.25, -0.2) is 0 Å². The van der Waals surface area contributed by atoms with E-state index in [9.17, 15) is 5.11 Å². The van der Waals surface area contributed by atoms with Gasteiger partial charge in [0.05, 0.1) is 11.2 Å². The summed E-state index contributed by atoms with van der Waals surface area (Å²) in [7, 11) is 0. The first kappa shape index (κ1) is 7.32. The molecule has 1 saturated carbocycles. The summed E-state index contributed by atoms with van der Waals surface area (Å²) in [5.41, 5.74) is -0.603. The van der Waals surface area contributed by atoms with Crippen molar-refractivity contribution in [1.29, 1.82) is 0 Å². The third kappa shape index (κ3) is 0.861. The number of aliphatic hydroxyl groups is 1. The molecular weight excluding hydrogens is 140 g/mol. The Hall–Kier alpha value is -0.340. The van der Waals surface area contributed by atoms with E-state index >= 15 is 0 Å². The van der Waals surface area contributed by atoms with Crippen LogP contribution in [0.1, 0.15) is 26.2 Å². The number of fused-ring (bicyclic) bond motifs is 1. The summed E-state index contributed by atoms with van der Waals surface area (Å²) in [4.78, 5) is 0. The van der Waals surface area contributed by atoms with Crippen LogP contribution >= 0.6 is 0 Å². The minimum atomic E-state index is -0.601. The van der Waals surface area contributed by atoms with E-state index in [1.807, 2.05) is 0 Å². The standard InChI is InChI=1S/C9H14O2/c1-3-4-9(10)6-5-8(2)7(9)11-8/h3,7,10H,1,4-6H2,2H3/t7-,8-,9+/m0/s1. The molecule has 1 saturated heterocycles. The van der Waals surface area contributed by atoms with Gasteiger partial charge in [0.15, 0.2) is 0 Å². The topological polar surface area (TPSA) is 32.8 Å². The zero-order valence-electron chi connectivity index (χ0n) is 6.84. The predicted octanol–water partition coefficient (Wildman–Crippen LogP) is 1.24. The van der Waals surface area contributed by atoms with E-state index in [0.29, 0.717) is 6.42 Å². The number of rotatable bonds is 2. The highest BCUT2D eigenvalue weighted by Gasteiger charge is 2.67. The van der Waals surface area contributed by atoms with Gasteiger partial charge in [-0.1, -0.05) is 6.08 Å². The molecule has 0 bridgehead atoms. The van der Waals surface area contributed by atoms with Gasteiger partial charge >= 0.3 is 0 Å². The van der Waals surface area contributed by atoms with E-state index in [0.717, 1.165) is 12.8 Å². The third-order valence-corrected chi connectivity index (χ3v) is 2.92. The zero-order chi connectivity index (χ0) is 8.11. The highest BCUT2D eigenvalue weighted by molar-refractivity contribution is 5.17. The van der Waals surface area contributed by atoms with Crippen LogP contribution in [0.4, 0.5) is 0 Å². The molecule has 0 aromatic heterocycles. The fraction of sp³-hybridized carbons (Fsp3) is 0.778. The second-order valence-corrected chi connectivity index (χ2v) is 3.91. The Kier molecular flexibility index (Phi) is 1.25. The van der Waals surface area contributed by atoms with E-state index in [1.165, 1.54) is 0 Å². The fourth-order valence-corrected chi connectivity index (χ4v) is 2.16. The van der Waals surface area contributed by atoms with Crippen molar-refractivity contribution in [3.63, 3.8) is 0 Å². The molecule has 0 aromatic carbocycles. The van der Waals surface area contributed by atoms with Crippen molar-refractivity contribution in [3.05, 3.63) is 12.7 Å². The first-order valence-corrected chi connectivity index (χ1v) is 4.12. The average Bonchev–Trinajstić information content (AvgIpc) is 2.55. The Bertz CT molecular complexity index is 202. The largest absolute Gasteiger partial charge is 0.387 e. The van der Waals surface area contributed by atoms with E-state index < -0.39 is 5.60 Å². The number of epoxide rings is 1. The molecule has 3 atom stereocenters. The normalized spacial score (nSPS) is 53.8. The lowest BCUT2D eigenvalue weighted by Crippen LogP contribution is -2.31. The van der Waals surface area contributed by atoms with Crippen molar-refractivity contribution in [2.24, 2.45) is 0 Å². The molecule has 0 radical (unpaired) electrons. The van der Waals surface area contributed by atoms with Crippen molar-refractivity contribution in [1.82, 2.24) is 0 Å². The maximum absolute atomic E-state index is 9.97. The van der Waals surface area contributed by atoms with Crippen LogP contribution in [0.15, 0.2) is 12.7 Å². The fourth-order valence-electron chi connectivity index (χ4n) is 2.16. The molecule has 1 aliphatic heterocycles. The monoisotopic (exact) mass is 154 g/mol. The zero-order valence-corrected chi connectivity index (χ0v) is 6.84. The van der Waals surface area contributed by atoms with Crippen molar-refractivity contribution in [2.75, 3.05) is 0 Å². The quantitative estimate of drug-likeness (QED) is 0.479. The molecular formula is C9H14O2. The lowest BCUT2D eigenvalue weighted by Gasteiger charge is -2.20. The number of ether oxygens (including phenoxy) is 1. The highest BCUT2D eigenvalue weighted by Crippen LogP contribution is 2.55. The van der Waals surface area contributed by atoms with Crippen LogP contribution in [0.25, 0.3) is 0 Å². The van der Waals surface area contributed by atoms with Gasteiger partial charge in [0, 0.05) is 0 Å². The van der Waals surface area contributed by atoms with E-state index in [4.69, 9.17) is 4.74 Å². The Morgan fingerprint density at radius 1 is 1.73 bits per heavy atom. The van der Waals surface area contributed by atoms with Gasteiger partial charge < -0.3 is 9.84 Å². The molecule has 11 heavy (non-hydrogen) atoms. The van der Waals surface area contributed by atoms with E-state index in [1.54, 1.807) is 6.08 Å². The van der Waals surface area contributed by atoms with Crippen LogP contribution in [-0.2, 0) is 4.74 Å². The van der Waals surface area contributed by atoms with Gasteiger partial charge in [-0.15, -0.1) is 6.58 Å². The van der Waals surface area contributed by atoms with Gasteiger partial charge in [0.2, 0.25) is 0 Å². The average molecular weight is 154 g/mol. The van der Waals surface area contributed by atoms with Gasteiger partial charge in [-0.05, 0) is 26.2 Å². The lowest BCUT2D eigenvalue weighted by atomic mass is 9.96. The molecule has 0 amide bonds. The van der Waals surface area contributed by atoms with Crippen molar-refractivity contribution in [2.45, 2.75) is 43.5 Å². The summed E-state index contributed by atoms with van der Waals surface area (Å²) in [6.45, 7) is 5.70. The number of hydrogen-bond donors (Lipinski definition) is 1. The molecule has 2 fully saturated rings. The Morgan fingerprint density at radius 3 is 2.82 bits per heavy atom. The summed E-state index contributed by atoms with van der Waals surface area (Å²) >= 11 is 0. The van der Waals surface area contributed by atoms with Crippen molar-refractivity contribution >= 4 is 0 Å². The van der Waals surface area contributed by atoms with Gasteiger partial charge in [-0.3, -0.25) is 0 Å². The molecule has 0 aromatic rings. The molecule has 1 aliphatic carbocycles. The SMILES string of the molecule is C=CC[C@@]1(O)CC[C@]2(C)O[C@H]12. The second kappa shape index (κ2) is 1.87. The molecule has 62 valence electrons. The van der Waals surface area contributed by atoms with Gasteiger partial charge in [0.1, 0.15) is 6.10 Å². The molecule has 1 heterocycles. The molecule has 1 N–H and O–H groups in total. The summed E-state index contributed by atoms with van der Waals surface area (Å²) in [5, 5.41) is 9.97. The molecule has 2 heteroatoms. The Balaban J connectivity index is 2.12. The highest BCUT2D eigenvalue weighted by atomic mass is 16.6. The smallest absolute Gasteiger partial charge is 0.116 e. The van der Waals surface area contributed by atoms with E-state index in [-0.39, 0.29) is 11.7 Å². The van der Waals surface area contributed by atoms with Crippen LogP contribution in [0.3, 0.4) is 0 Å². The Labute approximate surface area is 66.9 Å². The first-order chi connectivity index (χ1) is 5.11. The summed E-state index contributed by atoms with van der Waals surface area (Å²) in [6.07, 6.45) is 4.36. The van der Waals surface area contributed by atoms with Crippen molar-refractivity contribution < 1.29 is 9.84 Å². The molecule has 2 nitrogen and oxygen atoms in total. The van der Waals surface area contributed by atoms with Gasteiger partial charge in [-0.2, -0.15) is 0 Å². The summed E-state index contributed by atoms with van der Waals surface area (Å²) in [5.74, 6) is 0. The van der Waals surface area contributed by atoms with Crippen LogP contribution in [0, 0.1) is 0 Å². The second-order valence-electron chi connectivity index (χ2n) is 3.91. The van der Waals surface area contributed by atoms with Crippen LogP contribution in [0.5, 0.6) is 0 Å². The summed E-state index contributed by atoms with van der Waals surface area (Å²) in [6, 6.07) is 0. The third-order valence-electron chi connectivity index (χ3n) is 2.92. The van der Waals surface area contributed by atoms with Crippen LogP contribution in [-0.4, -0.2) is 22.4 Å². The molecule has 2 rings (SSSR count). The first-order valence-electron chi connectivity index (χ1n) is 4.12. The maximum Gasteiger partial charge on any atom is 0.116 e. The van der Waals surface area contributed by atoms with Crippen LogP contribution in [0.2, 0.25) is 0 Å². The molecule has 0 spiro atoms. The Morgan fingerprint density at radius 2 is 2.45 bits per heavy atom. The maximum atomic E-state index is 9.97. The molecule has 0 unspecified atom stereocenters. The van der Waals surface area contributed by atoms with E-state index in [2.05, 4.69) is 13.5 Å². The van der Waals surface area contributed by atoms with Gasteiger partial charge in [0.25, 0.3) is 0 Å². The van der Waals surface area contributed by atoms with Crippen molar-refractivity contribution in [3.8, 4) is 0 Å². The van der Waals surface area contributed by atoms with Crippen LogP contribution < -0.4 is 0 Å². The minimum absolute atomic E-state index is 0.00222. The molecule has 2 aliphatic rings.